The van der Waals surface area contributed by atoms with Crippen molar-refractivity contribution in [2.45, 2.75) is 6.42 Å². The van der Waals surface area contributed by atoms with E-state index in [1.165, 1.54) is 4.90 Å². The van der Waals surface area contributed by atoms with Gasteiger partial charge in [-0.2, -0.15) is 0 Å². The van der Waals surface area contributed by atoms with E-state index in [-0.39, 0.29) is 25.0 Å². The molecule has 0 spiro atoms. The van der Waals surface area contributed by atoms with E-state index in [4.69, 9.17) is 9.84 Å². The number of likely N-dealkylation sites (N-methyl/N-ethyl adjacent to an activating group) is 1. The number of ether oxygens (including phenoxy) is 1. The van der Waals surface area contributed by atoms with Crippen molar-refractivity contribution in [3.8, 4) is 0 Å². The van der Waals surface area contributed by atoms with Crippen LogP contribution in [0.2, 0.25) is 0 Å². The molecule has 0 bridgehead atoms. The topological polar surface area (TPSA) is 87.2 Å². The smallest absolute Gasteiger partial charge is 0.329 e. The van der Waals surface area contributed by atoms with Crippen LogP contribution in [-0.2, 0) is 19.1 Å². The van der Waals surface area contributed by atoms with Crippen LogP contribution in [0, 0.1) is 0 Å². The van der Waals surface area contributed by atoms with Crippen LogP contribution in [0.25, 0.3) is 0 Å². The molecule has 96 valence electrons. The summed E-state index contributed by atoms with van der Waals surface area (Å²) in [6.07, 6.45) is 0.715. The molecular formula is C10H16N2O5. The lowest BCUT2D eigenvalue weighted by atomic mass is 10.4. The van der Waals surface area contributed by atoms with Crippen LogP contribution >= 0.6 is 0 Å². The fraction of sp³-hybridized carbons (Fsp3) is 0.700. The Morgan fingerprint density at radius 2 is 2.06 bits per heavy atom. The lowest BCUT2D eigenvalue weighted by Crippen LogP contribution is -2.40. The average Bonchev–Trinajstić information content (AvgIpc) is 2.41. The van der Waals surface area contributed by atoms with Gasteiger partial charge in [0.1, 0.15) is 13.2 Å². The van der Waals surface area contributed by atoms with Gasteiger partial charge in [-0.25, -0.2) is 4.79 Å². The molecule has 0 unspecified atom stereocenters. The minimum Gasteiger partial charge on any atom is -0.480 e. The first-order valence-corrected chi connectivity index (χ1v) is 5.32. The number of carboxylic acids is 1. The second-order valence-electron chi connectivity index (χ2n) is 3.87. The Morgan fingerprint density at radius 1 is 1.35 bits per heavy atom. The van der Waals surface area contributed by atoms with Gasteiger partial charge in [-0.15, -0.1) is 0 Å². The molecule has 0 aromatic heterocycles. The highest BCUT2D eigenvalue weighted by atomic mass is 16.5. The third-order valence-electron chi connectivity index (χ3n) is 2.48. The van der Waals surface area contributed by atoms with E-state index in [0.29, 0.717) is 19.5 Å². The van der Waals surface area contributed by atoms with Crippen molar-refractivity contribution in [1.29, 1.82) is 0 Å². The zero-order valence-corrected chi connectivity index (χ0v) is 9.72. The molecule has 7 nitrogen and oxygen atoms in total. The summed E-state index contributed by atoms with van der Waals surface area (Å²) >= 11 is 0. The van der Waals surface area contributed by atoms with E-state index in [1.54, 1.807) is 11.9 Å². The molecule has 0 atom stereocenters. The largest absolute Gasteiger partial charge is 0.480 e. The van der Waals surface area contributed by atoms with Crippen molar-refractivity contribution in [1.82, 2.24) is 9.80 Å². The predicted octanol–water partition coefficient (Wildman–Crippen LogP) is -1.22. The summed E-state index contributed by atoms with van der Waals surface area (Å²) in [5.74, 6) is -1.59. The predicted molar refractivity (Wildman–Crippen MR) is 57.3 cm³/mol. The van der Waals surface area contributed by atoms with Gasteiger partial charge in [0.2, 0.25) is 11.8 Å². The van der Waals surface area contributed by atoms with Crippen molar-refractivity contribution >= 4 is 17.8 Å². The summed E-state index contributed by atoms with van der Waals surface area (Å²) in [6.45, 7) is 0.340. The zero-order chi connectivity index (χ0) is 12.8. The molecule has 1 fully saturated rings. The highest BCUT2D eigenvalue weighted by Crippen LogP contribution is 2.03. The highest BCUT2D eigenvalue weighted by molar-refractivity contribution is 5.85. The number of carboxylic acid groups (broad SMARTS) is 1. The Morgan fingerprint density at radius 3 is 2.71 bits per heavy atom. The van der Waals surface area contributed by atoms with E-state index >= 15 is 0 Å². The normalized spacial score (nSPS) is 16.9. The number of carbonyl (C=O) groups is 3. The molecule has 0 aromatic carbocycles. The van der Waals surface area contributed by atoms with E-state index in [1.807, 2.05) is 0 Å². The first-order valence-electron chi connectivity index (χ1n) is 5.32. The Labute approximate surface area is 98.9 Å². The Kier molecular flexibility index (Phi) is 4.89. The van der Waals surface area contributed by atoms with Gasteiger partial charge in [0.15, 0.2) is 0 Å². The zero-order valence-electron chi connectivity index (χ0n) is 9.72. The van der Waals surface area contributed by atoms with Gasteiger partial charge in [-0.3, -0.25) is 9.59 Å². The maximum absolute atomic E-state index is 11.6. The maximum Gasteiger partial charge on any atom is 0.329 e. The molecule has 0 saturated carbocycles. The van der Waals surface area contributed by atoms with Gasteiger partial charge in [-0.05, 0) is 6.42 Å². The maximum atomic E-state index is 11.6. The molecular weight excluding hydrogens is 228 g/mol. The lowest BCUT2D eigenvalue weighted by Gasteiger charge is -2.19. The minimum atomic E-state index is -1.12. The lowest BCUT2D eigenvalue weighted by molar-refractivity contribution is -0.147. The van der Waals surface area contributed by atoms with Crippen molar-refractivity contribution in [3.63, 3.8) is 0 Å². The van der Waals surface area contributed by atoms with Crippen LogP contribution in [-0.4, -0.2) is 72.6 Å². The monoisotopic (exact) mass is 244 g/mol. The molecule has 2 amide bonds. The SMILES string of the molecule is CN1CCCN(C(=O)COCC(=O)O)CC1=O. The van der Waals surface area contributed by atoms with Gasteiger partial charge < -0.3 is 19.6 Å². The summed E-state index contributed by atoms with van der Waals surface area (Å²) in [5.41, 5.74) is 0. The Bertz CT molecular complexity index is 318. The molecule has 1 rings (SSSR count). The Balaban J connectivity index is 2.40. The van der Waals surface area contributed by atoms with Gasteiger partial charge in [0.25, 0.3) is 0 Å². The third kappa shape index (κ3) is 4.39. The summed E-state index contributed by atoms with van der Waals surface area (Å²) in [6, 6.07) is 0. The molecule has 17 heavy (non-hydrogen) atoms. The summed E-state index contributed by atoms with van der Waals surface area (Å²) in [5, 5.41) is 8.35. The molecule has 7 heteroatoms. The fourth-order valence-electron chi connectivity index (χ4n) is 1.52. The number of carbonyl (C=O) groups excluding carboxylic acids is 2. The standard InChI is InChI=1S/C10H16N2O5/c1-11-3-2-4-12(5-8(11)13)9(14)6-17-7-10(15)16/h2-7H2,1H3,(H,15,16). The molecule has 0 aliphatic carbocycles. The van der Waals surface area contributed by atoms with Crippen LogP contribution in [0.15, 0.2) is 0 Å². The van der Waals surface area contributed by atoms with Crippen LogP contribution in [0.3, 0.4) is 0 Å². The number of hydrogen-bond donors (Lipinski definition) is 1. The van der Waals surface area contributed by atoms with E-state index < -0.39 is 12.6 Å². The summed E-state index contributed by atoms with van der Waals surface area (Å²) in [7, 11) is 1.69. The number of amides is 2. The van der Waals surface area contributed by atoms with Crippen LogP contribution in [0.1, 0.15) is 6.42 Å². The van der Waals surface area contributed by atoms with Crippen LogP contribution in [0.5, 0.6) is 0 Å². The quantitative estimate of drug-likeness (QED) is 0.669. The number of nitrogens with zero attached hydrogens (tertiary/aromatic N) is 2. The Hall–Kier alpha value is -1.63. The van der Waals surface area contributed by atoms with E-state index in [9.17, 15) is 14.4 Å². The van der Waals surface area contributed by atoms with E-state index in [2.05, 4.69) is 0 Å². The third-order valence-corrected chi connectivity index (χ3v) is 2.48. The van der Waals surface area contributed by atoms with Crippen molar-refractivity contribution in [2.24, 2.45) is 0 Å². The first kappa shape index (κ1) is 13.4. The fourth-order valence-corrected chi connectivity index (χ4v) is 1.52. The first-order chi connectivity index (χ1) is 8.00. The second kappa shape index (κ2) is 6.19. The minimum absolute atomic E-state index is 0.0335. The molecule has 1 heterocycles. The number of rotatable bonds is 4. The number of hydrogen-bond acceptors (Lipinski definition) is 4. The second-order valence-corrected chi connectivity index (χ2v) is 3.87. The molecule has 0 radical (unpaired) electrons. The molecule has 1 saturated heterocycles. The van der Waals surface area contributed by atoms with Gasteiger partial charge in [-0.1, -0.05) is 0 Å². The van der Waals surface area contributed by atoms with E-state index in [0.717, 1.165) is 0 Å². The van der Waals surface area contributed by atoms with Crippen molar-refractivity contribution < 1.29 is 24.2 Å². The molecule has 1 N–H and O–H groups in total. The van der Waals surface area contributed by atoms with Gasteiger partial charge in [0.05, 0.1) is 6.54 Å². The highest BCUT2D eigenvalue weighted by Gasteiger charge is 2.22. The van der Waals surface area contributed by atoms with Crippen LogP contribution in [0.4, 0.5) is 0 Å². The summed E-state index contributed by atoms with van der Waals surface area (Å²) < 4.78 is 4.70. The summed E-state index contributed by atoms with van der Waals surface area (Å²) in [4.78, 5) is 36.3. The molecule has 1 aliphatic rings. The molecule has 0 aromatic rings. The van der Waals surface area contributed by atoms with Gasteiger partial charge >= 0.3 is 5.97 Å². The van der Waals surface area contributed by atoms with Crippen molar-refractivity contribution in [3.05, 3.63) is 0 Å². The van der Waals surface area contributed by atoms with Gasteiger partial charge in [0, 0.05) is 20.1 Å². The molecule has 1 aliphatic heterocycles. The van der Waals surface area contributed by atoms with Crippen molar-refractivity contribution in [2.75, 3.05) is 39.9 Å². The van der Waals surface area contributed by atoms with Crippen LogP contribution < -0.4 is 0 Å². The number of aliphatic carboxylic acids is 1. The average molecular weight is 244 g/mol.